The van der Waals surface area contributed by atoms with E-state index in [-0.39, 0.29) is 20.9 Å². The van der Waals surface area contributed by atoms with E-state index in [1.807, 2.05) is 0 Å². The maximum Gasteiger partial charge on any atom is 0.431 e. The lowest BCUT2D eigenvalue weighted by Crippen LogP contribution is -2.41. The number of rotatable bonds is 5. The third-order valence-electron chi connectivity index (χ3n) is 3.98. The van der Waals surface area contributed by atoms with Crippen molar-refractivity contribution in [2.24, 2.45) is 12.2 Å². The third-order valence-corrected chi connectivity index (χ3v) is 4.60. The summed E-state index contributed by atoms with van der Waals surface area (Å²) in [5.41, 5.74) is -4.26. The van der Waals surface area contributed by atoms with Crippen LogP contribution in [0.2, 0.25) is 0 Å². The molecule has 0 spiro atoms. The highest BCUT2D eigenvalue weighted by Crippen LogP contribution is 2.31. The van der Waals surface area contributed by atoms with Crippen LogP contribution in [0.5, 0.6) is 5.75 Å². The summed E-state index contributed by atoms with van der Waals surface area (Å²) >= 11 is 3.10. The Labute approximate surface area is 170 Å². The molecular weight excluding hydrogens is 466 g/mol. The van der Waals surface area contributed by atoms with Crippen LogP contribution in [0.1, 0.15) is 19.5 Å². The predicted molar refractivity (Wildman–Crippen MR) is 100 cm³/mol. The van der Waals surface area contributed by atoms with Crippen LogP contribution in [0, 0.1) is 5.82 Å². The Balaban J connectivity index is 2.65. The summed E-state index contributed by atoms with van der Waals surface area (Å²) in [7, 11) is 2.18. The number of benzene rings is 1. The van der Waals surface area contributed by atoms with E-state index in [4.69, 9.17) is 4.74 Å². The molecule has 0 bridgehead atoms. The Hall–Kier alpha value is -2.63. The van der Waals surface area contributed by atoms with Crippen LogP contribution < -0.4 is 16.0 Å². The van der Waals surface area contributed by atoms with Gasteiger partial charge in [0.1, 0.15) is 30.5 Å². The van der Waals surface area contributed by atoms with E-state index in [0.29, 0.717) is 10.3 Å². The second-order valence-corrected chi connectivity index (χ2v) is 6.81. The lowest BCUT2D eigenvalue weighted by atomic mass is 10.2. The topological polar surface area (TPSA) is 74.8 Å². The van der Waals surface area contributed by atoms with Crippen LogP contribution in [-0.2, 0) is 18.1 Å². The minimum absolute atomic E-state index is 0.0356. The number of oxime groups is 1. The summed E-state index contributed by atoms with van der Waals surface area (Å²) in [6.07, 6.45) is -5.55. The molecule has 0 amide bonds. The zero-order valence-corrected chi connectivity index (χ0v) is 17.3. The van der Waals surface area contributed by atoms with Crippen molar-refractivity contribution in [1.82, 2.24) is 9.13 Å². The zero-order chi connectivity index (χ0) is 22.1. The minimum Gasteiger partial charge on any atom is -0.483 e. The standard InChI is InChI=1S/C17H16BrF4N3O4/c1-8(23-28-4)9(2)29-13-6-12(11(19)5-10(13)18)25-15(26)7-14(17(20,21)22)24(3)16(25)27/h5-7,9H,1-4H3. The second kappa shape index (κ2) is 8.39. The molecule has 1 atom stereocenters. The smallest absolute Gasteiger partial charge is 0.431 e. The van der Waals surface area contributed by atoms with Gasteiger partial charge in [0, 0.05) is 19.2 Å². The molecule has 0 aliphatic heterocycles. The first-order valence-electron chi connectivity index (χ1n) is 8.02. The van der Waals surface area contributed by atoms with E-state index in [1.54, 1.807) is 13.8 Å². The number of nitrogens with zero attached hydrogens (tertiary/aromatic N) is 3. The summed E-state index contributed by atoms with van der Waals surface area (Å²) in [4.78, 5) is 29.3. The van der Waals surface area contributed by atoms with Crippen molar-refractivity contribution in [1.29, 1.82) is 0 Å². The molecule has 0 fully saturated rings. The normalized spacial score (nSPS) is 13.3. The molecule has 1 unspecified atom stereocenters. The van der Waals surface area contributed by atoms with Gasteiger partial charge in [-0.2, -0.15) is 13.2 Å². The first-order chi connectivity index (χ1) is 13.4. The van der Waals surface area contributed by atoms with Gasteiger partial charge in [-0.1, -0.05) is 5.16 Å². The fourth-order valence-electron chi connectivity index (χ4n) is 2.39. The molecular formula is C17H16BrF4N3O4. The van der Waals surface area contributed by atoms with Crippen LogP contribution in [0.4, 0.5) is 17.6 Å². The average molecular weight is 482 g/mol. The van der Waals surface area contributed by atoms with E-state index in [0.717, 1.165) is 19.2 Å². The number of hydrogen-bond donors (Lipinski definition) is 0. The summed E-state index contributed by atoms with van der Waals surface area (Å²) in [6, 6.07) is 2.19. The maximum atomic E-state index is 14.5. The summed E-state index contributed by atoms with van der Waals surface area (Å²) in [6.45, 7) is 3.24. The van der Waals surface area contributed by atoms with Gasteiger partial charge in [-0.25, -0.2) is 13.8 Å². The van der Waals surface area contributed by atoms with E-state index < -0.39 is 40.7 Å². The molecule has 29 heavy (non-hydrogen) atoms. The first-order valence-corrected chi connectivity index (χ1v) is 8.81. The molecule has 0 saturated heterocycles. The molecule has 1 aromatic carbocycles. The average Bonchev–Trinajstić information content (AvgIpc) is 2.60. The molecule has 7 nitrogen and oxygen atoms in total. The molecule has 0 saturated carbocycles. The van der Waals surface area contributed by atoms with Crippen LogP contribution >= 0.6 is 15.9 Å². The molecule has 0 N–H and O–H groups in total. The molecule has 0 radical (unpaired) electrons. The number of ether oxygens (including phenoxy) is 1. The first kappa shape index (κ1) is 22.7. The largest absolute Gasteiger partial charge is 0.483 e. The number of aromatic nitrogens is 2. The van der Waals surface area contributed by atoms with Crippen molar-refractivity contribution < 1.29 is 27.1 Å². The molecule has 12 heteroatoms. The molecule has 2 aromatic rings. The van der Waals surface area contributed by atoms with E-state index in [1.165, 1.54) is 7.11 Å². The molecule has 0 aliphatic carbocycles. The number of halogens is 5. The fraction of sp³-hybridized carbons (Fsp3) is 0.353. The molecule has 1 aromatic heterocycles. The minimum atomic E-state index is -4.92. The van der Waals surface area contributed by atoms with Gasteiger partial charge in [0.25, 0.3) is 5.56 Å². The van der Waals surface area contributed by atoms with Crippen molar-refractivity contribution >= 4 is 21.6 Å². The predicted octanol–water partition coefficient (Wildman–Crippen LogP) is 3.25. The van der Waals surface area contributed by atoms with Crippen molar-refractivity contribution in [2.75, 3.05) is 7.11 Å². The van der Waals surface area contributed by atoms with Crippen LogP contribution in [0.3, 0.4) is 0 Å². The van der Waals surface area contributed by atoms with Gasteiger partial charge >= 0.3 is 11.9 Å². The number of alkyl halides is 3. The molecule has 158 valence electrons. The van der Waals surface area contributed by atoms with Crippen LogP contribution in [-0.4, -0.2) is 28.1 Å². The van der Waals surface area contributed by atoms with Crippen LogP contribution in [0.25, 0.3) is 5.69 Å². The van der Waals surface area contributed by atoms with E-state index >= 15 is 0 Å². The Morgan fingerprint density at radius 2 is 1.86 bits per heavy atom. The Morgan fingerprint density at radius 3 is 2.41 bits per heavy atom. The highest BCUT2D eigenvalue weighted by molar-refractivity contribution is 9.10. The van der Waals surface area contributed by atoms with Gasteiger partial charge in [-0.15, -0.1) is 0 Å². The van der Waals surface area contributed by atoms with Gasteiger partial charge < -0.3 is 9.57 Å². The fourth-order valence-corrected chi connectivity index (χ4v) is 2.80. The molecule has 1 heterocycles. The maximum absolute atomic E-state index is 14.5. The Kier molecular flexibility index (Phi) is 6.56. The zero-order valence-electron chi connectivity index (χ0n) is 15.7. The Morgan fingerprint density at radius 1 is 1.24 bits per heavy atom. The lowest BCUT2D eigenvalue weighted by molar-refractivity contribution is -0.144. The van der Waals surface area contributed by atoms with Crippen molar-refractivity contribution in [3.05, 3.63) is 55.0 Å². The van der Waals surface area contributed by atoms with Crippen LogP contribution in [0.15, 0.2) is 37.4 Å². The quantitative estimate of drug-likeness (QED) is 0.373. The van der Waals surface area contributed by atoms with Gasteiger partial charge in [0.05, 0.1) is 15.9 Å². The number of hydrogen-bond acceptors (Lipinski definition) is 5. The highest BCUT2D eigenvalue weighted by Gasteiger charge is 2.35. The summed E-state index contributed by atoms with van der Waals surface area (Å²) < 4.78 is 59.8. The summed E-state index contributed by atoms with van der Waals surface area (Å²) in [5.74, 6) is -0.980. The Bertz CT molecular complexity index is 1080. The third kappa shape index (κ3) is 4.69. The van der Waals surface area contributed by atoms with Gasteiger partial charge in [-0.05, 0) is 35.8 Å². The van der Waals surface area contributed by atoms with Gasteiger partial charge in [0.15, 0.2) is 0 Å². The van der Waals surface area contributed by atoms with E-state index in [2.05, 4.69) is 25.9 Å². The highest BCUT2D eigenvalue weighted by atomic mass is 79.9. The van der Waals surface area contributed by atoms with Gasteiger partial charge in [-0.3, -0.25) is 9.36 Å². The lowest BCUT2D eigenvalue weighted by Gasteiger charge is -2.18. The second-order valence-electron chi connectivity index (χ2n) is 5.95. The summed E-state index contributed by atoms with van der Waals surface area (Å²) in [5, 5.41) is 3.71. The van der Waals surface area contributed by atoms with Crippen molar-refractivity contribution in [2.45, 2.75) is 26.1 Å². The van der Waals surface area contributed by atoms with Crippen molar-refractivity contribution in [3.8, 4) is 11.4 Å². The van der Waals surface area contributed by atoms with E-state index in [9.17, 15) is 27.2 Å². The van der Waals surface area contributed by atoms with Crippen molar-refractivity contribution in [3.63, 3.8) is 0 Å². The molecule has 0 aliphatic rings. The SMILES string of the molecule is CON=C(C)C(C)Oc1cc(-n2c(=O)cc(C(F)(F)F)n(C)c2=O)c(F)cc1Br. The monoisotopic (exact) mass is 481 g/mol. The van der Waals surface area contributed by atoms with Gasteiger partial charge in [0.2, 0.25) is 0 Å². The molecule has 2 rings (SSSR count).